The molecule has 0 unspecified atom stereocenters. The third kappa shape index (κ3) is 2.18. The van der Waals surface area contributed by atoms with Crippen molar-refractivity contribution in [2.75, 3.05) is 0 Å². The Morgan fingerprint density at radius 3 is 2.84 bits per heavy atom. The van der Waals surface area contributed by atoms with Gasteiger partial charge in [0.05, 0.1) is 0 Å². The summed E-state index contributed by atoms with van der Waals surface area (Å²) in [7, 11) is 0. The summed E-state index contributed by atoms with van der Waals surface area (Å²) >= 11 is 0. The maximum atomic E-state index is 9.70. The van der Waals surface area contributed by atoms with Crippen molar-refractivity contribution >= 4 is 0 Å². The highest BCUT2D eigenvalue weighted by Crippen LogP contribution is 2.26. The number of nitrogens with zero attached hydrogens (tertiary/aromatic N) is 3. The van der Waals surface area contributed by atoms with Gasteiger partial charge < -0.3 is 9.63 Å². The summed E-state index contributed by atoms with van der Waals surface area (Å²) in [5, 5.41) is 13.6. The van der Waals surface area contributed by atoms with E-state index in [4.69, 9.17) is 4.52 Å². The van der Waals surface area contributed by atoms with Crippen LogP contribution in [0.1, 0.15) is 5.56 Å². The molecule has 0 amide bonds. The Morgan fingerprint density at radius 2 is 2.05 bits per heavy atom. The van der Waals surface area contributed by atoms with Crippen molar-refractivity contribution < 1.29 is 9.63 Å². The second kappa shape index (κ2) is 4.53. The van der Waals surface area contributed by atoms with Gasteiger partial charge in [0.15, 0.2) is 5.69 Å². The van der Waals surface area contributed by atoms with E-state index in [2.05, 4.69) is 15.1 Å². The fourth-order valence-corrected chi connectivity index (χ4v) is 1.78. The van der Waals surface area contributed by atoms with Gasteiger partial charge in [-0.2, -0.15) is 4.98 Å². The van der Waals surface area contributed by atoms with Crippen LogP contribution in [-0.4, -0.2) is 20.2 Å². The van der Waals surface area contributed by atoms with Crippen molar-refractivity contribution in [1.82, 2.24) is 15.1 Å². The van der Waals surface area contributed by atoms with Gasteiger partial charge in [0.2, 0.25) is 5.82 Å². The summed E-state index contributed by atoms with van der Waals surface area (Å²) in [4.78, 5) is 8.28. The Balaban J connectivity index is 2.03. The molecule has 3 rings (SSSR count). The van der Waals surface area contributed by atoms with E-state index in [1.54, 1.807) is 12.3 Å². The quantitative estimate of drug-likeness (QED) is 0.760. The standard InChI is InChI=1S/C14H11N3O2/c1-9-4-2-5-10(8-9)13-16-14(19-17-13)12-11(18)6-3-7-15-12/h2-8,18H,1H3. The van der Waals surface area contributed by atoms with Crippen molar-refractivity contribution in [3.05, 3.63) is 48.2 Å². The van der Waals surface area contributed by atoms with Gasteiger partial charge in [-0.1, -0.05) is 28.9 Å². The first-order chi connectivity index (χ1) is 9.24. The molecule has 3 aromatic rings. The first-order valence-corrected chi connectivity index (χ1v) is 5.79. The van der Waals surface area contributed by atoms with Crippen LogP contribution in [0.25, 0.3) is 23.0 Å². The van der Waals surface area contributed by atoms with Gasteiger partial charge in [-0.25, -0.2) is 4.98 Å². The zero-order chi connectivity index (χ0) is 13.2. The van der Waals surface area contributed by atoms with Gasteiger partial charge in [-0.05, 0) is 25.1 Å². The summed E-state index contributed by atoms with van der Waals surface area (Å²) in [6, 6.07) is 11.0. The van der Waals surface area contributed by atoms with Crippen LogP contribution in [0.3, 0.4) is 0 Å². The van der Waals surface area contributed by atoms with E-state index in [1.807, 2.05) is 31.2 Å². The Bertz CT molecular complexity index is 722. The molecule has 19 heavy (non-hydrogen) atoms. The molecular formula is C14H11N3O2. The number of aromatic hydroxyl groups is 1. The van der Waals surface area contributed by atoms with Crippen molar-refractivity contribution in [2.45, 2.75) is 6.92 Å². The van der Waals surface area contributed by atoms with Gasteiger partial charge >= 0.3 is 0 Å². The summed E-state index contributed by atoms with van der Waals surface area (Å²) < 4.78 is 5.14. The molecule has 0 aliphatic rings. The molecule has 0 saturated heterocycles. The van der Waals surface area contributed by atoms with E-state index in [9.17, 15) is 5.11 Å². The Labute approximate surface area is 109 Å². The zero-order valence-electron chi connectivity index (χ0n) is 10.2. The Morgan fingerprint density at radius 1 is 1.16 bits per heavy atom. The van der Waals surface area contributed by atoms with Crippen LogP contribution in [-0.2, 0) is 0 Å². The Hall–Kier alpha value is -2.69. The predicted octanol–water partition coefficient (Wildman–Crippen LogP) is 2.81. The van der Waals surface area contributed by atoms with Crippen molar-refractivity contribution in [1.29, 1.82) is 0 Å². The molecule has 0 aliphatic heterocycles. The SMILES string of the molecule is Cc1cccc(-c2noc(-c3ncccc3O)n2)c1. The molecule has 2 aromatic heterocycles. The van der Waals surface area contributed by atoms with E-state index in [1.165, 1.54) is 6.07 Å². The van der Waals surface area contributed by atoms with Crippen LogP contribution >= 0.6 is 0 Å². The molecule has 0 atom stereocenters. The van der Waals surface area contributed by atoms with Crippen LogP contribution < -0.4 is 0 Å². The number of pyridine rings is 1. The molecule has 5 nitrogen and oxygen atoms in total. The molecule has 0 saturated carbocycles. The number of hydrogen-bond acceptors (Lipinski definition) is 5. The summed E-state index contributed by atoms with van der Waals surface area (Å²) in [6.07, 6.45) is 1.56. The number of aromatic nitrogens is 3. The fraction of sp³-hybridized carbons (Fsp3) is 0.0714. The minimum Gasteiger partial charge on any atom is -0.505 e. The number of hydrogen-bond donors (Lipinski definition) is 1. The average Bonchev–Trinajstić information content (AvgIpc) is 2.89. The highest BCUT2D eigenvalue weighted by atomic mass is 16.5. The lowest BCUT2D eigenvalue weighted by Gasteiger charge is -1.96. The lowest BCUT2D eigenvalue weighted by Crippen LogP contribution is -1.85. The average molecular weight is 253 g/mol. The van der Waals surface area contributed by atoms with E-state index in [0.717, 1.165) is 11.1 Å². The lowest BCUT2D eigenvalue weighted by molar-refractivity contribution is 0.423. The smallest absolute Gasteiger partial charge is 0.280 e. The molecule has 94 valence electrons. The second-order valence-corrected chi connectivity index (χ2v) is 4.16. The molecule has 0 spiro atoms. The van der Waals surface area contributed by atoms with Crippen molar-refractivity contribution in [2.24, 2.45) is 0 Å². The topological polar surface area (TPSA) is 72.0 Å². The van der Waals surface area contributed by atoms with Crippen molar-refractivity contribution in [3.8, 4) is 28.7 Å². The highest BCUT2D eigenvalue weighted by molar-refractivity contribution is 5.61. The number of aryl methyl sites for hydroxylation is 1. The minimum absolute atomic E-state index is 0.0157. The van der Waals surface area contributed by atoms with Gasteiger partial charge in [-0.15, -0.1) is 0 Å². The third-order valence-electron chi connectivity index (χ3n) is 2.69. The van der Waals surface area contributed by atoms with E-state index >= 15 is 0 Å². The molecule has 0 radical (unpaired) electrons. The maximum absolute atomic E-state index is 9.70. The van der Waals surface area contributed by atoms with Gasteiger partial charge in [0.25, 0.3) is 5.89 Å². The molecular weight excluding hydrogens is 242 g/mol. The maximum Gasteiger partial charge on any atom is 0.280 e. The van der Waals surface area contributed by atoms with E-state index in [0.29, 0.717) is 5.82 Å². The zero-order valence-corrected chi connectivity index (χ0v) is 10.2. The molecule has 2 heterocycles. The largest absolute Gasteiger partial charge is 0.505 e. The van der Waals surface area contributed by atoms with E-state index in [-0.39, 0.29) is 17.3 Å². The highest BCUT2D eigenvalue weighted by Gasteiger charge is 2.14. The lowest BCUT2D eigenvalue weighted by atomic mass is 10.1. The summed E-state index contributed by atoms with van der Waals surface area (Å²) in [5.74, 6) is 0.695. The van der Waals surface area contributed by atoms with Gasteiger partial charge in [0, 0.05) is 11.8 Å². The molecule has 0 bridgehead atoms. The molecule has 0 fully saturated rings. The van der Waals surface area contributed by atoms with Gasteiger partial charge in [-0.3, -0.25) is 0 Å². The van der Waals surface area contributed by atoms with Crippen LogP contribution in [0.2, 0.25) is 0 Å². The second-order valence-electron chi connectivity index (χ2n) is 4.16. The molecule has 5 heteroatoms. The predicted molar refractivity (Wildman–Crippen MR) is 69.4 cm³/mol. The molecule has 1 N–H and O–H groups in total. The number of rotatable bonds is 2. The normalized spacial score (nSPS) is 10.6. The van der Waals surface area contributed by atoms with Crippen LogP contribution in [0.5, 0.6) is 5.75 Å². The molecule has 0 aliphatic carbocycles. The fourth-order valence-electron chi connectivity index (χ4n) is 1.78. The number of benzene rings is 1. The van der Waals surface area contributed by atoms with Crippen LogP contribution in [0, 0.1) is 6.92 Å². The van der Waals surface area contributed by atoms with Crippen molar-refractivity contribution in [3.63, 3.8) is 0 Å². The van der Waals surface area contributed by atoms with Crippen LogP contribution in [0.15, 0.2) is 47.1 Å². The van der Waals surface area contributed by atoms with E-state index < -0.39 is 0 Å². The monoisotopic (exact) mass is 253 g/mol. The summed E-state index contributed by atoms with van der Waals surface area (Å²) in [6.45, 7) is 2.00. The minimum atomic E-state index is 0.0157. The first-order valence-electron chi connectivity index (χ1n) is 5.79. The van der Waals surface area contributed by atoms with Gasteiger partial charge in [0.1, 0.15) is 5.75 Å². The first kappa shape index (κ1) is 11.4. The molecule has 1 aromatic carbocycles. The summed E-state index contributed by atoms with van der Waals surface area (Å²) in [5.41, 5.74) is 2.27. The van der Waals surface area contributed by atoms with Crippen LogP contribution in [0.4, 0.5) is 0 Å². The third-order valence-corrected chi connectivity index (χ3v) is 2.69. The Kier molecular flexibility index (Phi) is 2.72.